The van der Waals surface area contributed by atoms with E-state index in [-0.39, 0.29) is 5.54 Å². The largest absolute Gasteiger partial charge is 0.493 e. The topological polar surface area (TPSA) is 38.7 Å². The lowest BCUT2D eigenvalue weighted by molar-refractivity contribution is 0.356. The molecule has 3 nitrogen and oxygen atoms in total. The van der Waals surface area contributed by atoms with Crippen molar-refractivity contribution in [3.05, 3.63) is 28.8 Å². The molecule has 18 heavy (non-hydrogen) atoms. The van der Waals surface area contributed by atoms with Crippen LogP contribution in [-0.2, 0) is 16.8 Å². The van der Waals surface area contributed by atoms with Crippen LogP contribution in [0.25, 0.3) is 0 Å². The van der Waals surface area contributed by atoms with Crippen LogP contribution >= 0.6 is 0 Å². The molecule has 0 saturated heterocycles. The summed E-state index contributed by atoms with van der Waals surface area (Å²) < 4.78 is 5.64. The van der Waals surface area contributed by atoms with Crippen LogP contribution in [0.2, 0.25) is 0 Å². The van der Waals surface area contributed by atoms with E-state index in [4.69, 9.17) is 4.74 Å². The monoisotopic (exact) mass is 243 g/mol. The van der Waals surface area contributed by atoms with Crippen molar-refractivity contribution in [1.82, 2.24) is 0 Å². The van der Waals surface area contributed by atoms with Gasteiger partial charge in [0.2, 0.25) is 6.08 Å². The number of ether oxygens (including phenoxy) is 1. The third-order valence-electron chi connectivity index (χ3n) is 4.24. The molecule has 1 aliphatic carbocycles. The Kier molecular flexibility index (Phi) is 2.71. The molecule has 1 aliphatic heterocycles. The highest BCUT2D eigenvalue weighted by Gasteiger charge is 2.40. The number of hydrogen-bond acceptors (Lipinski definition) is 3. The van der Waals surface area contributed by atoms with Crippen LogP contribution in [0.5, 0.6) is 5.75 Å². The molecule has 0 atom stereocenters. The maximum absolute atomic E-state index is 10.8. The molecule has 0 bridgehead atoms. The van der Waals surface area contributed by atoms with E-state index in [1.807, 2.05) is 6.07 Å². The fourth-order valence-corrected chi connectivity index (χ4v) is 3.51. The Labute approximate surface area is 107 Å². The predicted molar refractivity (Wildman–Crippen MR) is 68.6 cm³/mol. The van der Waals surface area contributed by atoms with E-state index in [1.165, 1.54) is 16.7 Å². The van der Waals surface area contributed by atoms with E-state index < -0.39 is 0 Å². The number of carbonyl (C=O) groups excluding carboxylic acids is 1. The van der Waals surface area contributed by atoms with E-state index in [1.54, 1.807) is 6.08 Å². The van der Waals surface area contributed by atoms with Crippen molar-refractivity contribution in [2.75, 3.05) is 6.61 Å². The van der Waals surface area contributed by atoms with Gasteiger partial charge in [0.05, 0.1) is 12.1 Å². The second-order valence-corrected chi connectivity index (χ2v) is 5.27. The first kappa shape index (κ1) is 11.5. The first-order valence-corrected chi connectivity index (χ1v) is 6.62. The van der Waals surface area contributed by atoms with E-state index in [0.717, 1.165) is 44.5 Å². The number of rotatable bonds is 2. The Balaban J connectivity index is 2.21. The van der Waals surface area contributed by atoms with Gasteiger partial charge in [-0.05, 0) is 37.0 Å². The molecule has 0 unspecified atom stereocenters. The van der Waals surface area contributed by atoms with Gasteiger partial charge in [-0.15, -0.1) is 0 Å². The highest BCUT2D eigenvalue weighted by Crippen LogP contribution is 2.47. The molecule has 0 spiro atoms. The predicted octanol–water partition coefficient (Wildman–Crippen LogP) is 3.04. The molecule has 1 aromatic carbocycles. The van der Waals surface area contributed by atoms with Gasteiger partial charge in [-0.1, -0.05) is 18.9 Å². The molecule has 1 saturated carbocycles. The minimum atomic E-state index is -0.328. The number of benzene rings is 1. The molecule has 1 heterocycles. The Morgan fingerprint density at radius 3 is 2.83 bits per heavy atom. The van der Waals surface area contributed by atoms with Crippen molar-refractivity contribution in [2.45, 2.75) is 44.6 Å². The van der Waals surface area contributed by atoms with Gasteiger partial charge in [-0.25, -0.2) is 4.79 Å². The number of aryl methyl sites for hydroxylation is 1. The lowest BCUT2D eigenvalue weighted by Gasteiger charge is -2.27. The second-order valence-electron chi connectivity index (χ2n) is 5.27. The fourth-order valence-electron chi connectivity index (χ4n) is 3.51. The van der Waals surface area contributed by atoms with Gasteiger partial charge in [0.25, 0.3) is 0 Å². The summed E-state index contributed by atoms with van der Waals surface area (Å²) in [5, 5.41) is 0. The molecule has 0 aromatic heterocycles. The van der Waals surface area contributed by atoms with Crippen molar-refractivity contribution in [3.63, 3.8) is 0 Å². The minimum Gasteiger partial charge on any atom is -0.493 e. The zero-order valence-corrected chi connectivity index (χ0v) is 10.7. The Morgan fingerprint density at radius 2 is 2.11 bits per heavy atom. The average Bonchev–Trinajstić information content (AvgIpc) is 2.98. The molecule has 0 amide bonds. The first-order chi connectivity index (χ1) is 8.77. The number of isocyanates is 1. The number of hydrogen-bond donors (Lipinski definition) is 0. The SMILES string of the molecule is Cc1ccc2c(c1C1(N=C=O)CCCC1)CCO2. The number of nitrogens with zero attached hydrogens (tertiary/aromatic N) is 1. The van der Waals surface area contributed by atoms with Crippen molar-refractivity contribution in [2.24, 2.45) is 4.99 Å². The quantitative estimate of drug-likeness (QED) is 0.591. The molecule has 94 valence electrons. The normalized spacial score (nSPS) is 20.1. The number of fused-ring (bicyclic) bond motifs is 1. The highest BCUT2D eigenvalue weighted by atomic mass is 16.5. The summed E-state index contributed by atoms with van der Waals surface area (Å²) in [4.78, 5) is 15.0. The molecule has 1 aromatic rings. The van der Waals surface area contributed by atoms with E-state index in [2.05, 4.69) is 18.0 Å². The molecule has 0 radical (unpaired) electrons. The first-order valence-electron chi connectivity index (χ1n) is 6.62. The maximum Gasteiger partial charge on any atom is 0.235 e. The van der Waals surface area contributed by atoms with Gasteiger partial charge in [-0.2, -0.15) is 4.99 Å². The van der Waals surface area contributed by atoms with E-state index >= 15 is 0 Å². The van der Waals surface area contributed by atoms with Crippen LogP contribution in [-0.4, -0.2) is 12.7 Å². The summed E-state index contributed by atoms with van der Waals surface area (Å²) in [5.41, 5.74) is 3.39. The van der Waals surface area contributed by atoms with E-state index in [9.17, 15) is 4.79 Å². The third-order valence-corrected chi connectivity index (χ3v) is 4.24. The molecular weight excluding hydrogens is 226 g/mol. The van der Waals surface area contributed by atoms with Crippen LogP contribution in [0.4, 0.5) is 0 Å². The smallest absolute Gasteiger partial charge is 0.235 e. The highest BCUT2D eigenvalue weighted by molar-refractivity contribution is 5.52. The third kappa shape index (κ3) is 1.58. The lowest BCUT2D eigenvalue weighted by Crippen LogP contribution is -2.22. The van der Waals surface area contributed by atoms with Crippen molar-refractivity contribution >= 4 is 6.08 Å². The van der Waals surface area contributed by atoms with Gasteiger partial charge in [0, 0.05) is 12.0 Å². The summed E-state index contributed by atoms with van der Waals surface area (Å²) >= 11 is 0. The summed E-state index contributed by atoms with van der Waals surface area (Å²) in [6.45, 7) is 2.85. The Bertz CT molecular complexity index is 524. The van der Waals surface area contributed by atoms with Gasteiger partial charge in [-0.3, -0.25) is 0 Å². The summed E-state index contributed by atoms with van der Waals surface area (Å²) in [6, 6.07) is 4.12. The lowest BCUT2D eigenvalue weighted by atomic mass is 9.82. The summed E-state index contributed by atoms with van der Waals surface area (Å²) in [5.74, 6) is 0.975. The molecule has 3 heteroatoms. The zero-order chi connectivity index (χ0) is 12.6. The molecular formula is C15H17NO2. The van der Waals surface area contributed by atoms with Crippen LogP contribution in [0.1, 0.15) is 42.4 Å². The Hall–Kier alpha value is -1.60. The van der Waals surface area contributed by atoms with Crippen molar-refractivity contribution < 1.29 is 9.53 Å². The molecule has 3 rings (SSSR count). The summed E-state index contributed by atoms with van der Waals surface area (Å²) in [7, 11) is 0. The minimum absolute atomic E-state index is 0.328. The maximum atomic E-state index is 10.8. The van der Waals surface area contributed by atoms with Crippen molar-refractivity contribution in [1.29, 1.82) is 0 Å². The molecule has 2 aliphatic rings. The fraction of sp³-hybridized carbons (Fsp3) is 0.533. The van der Waals surface area contributed by atoms with Gasteiger partial charge in [0.15, 0.2) is 0 Å². The van der Waals surface area contributed by atoms with Crippen molar-refractivity contribution in [3.8, 4) is 5.75 Å². The standard InChI is InChI=1S/C15H17NO2/c1-11-4-5-13-12(6-9-18-13)14(11)15(16-10-17)7-2-3-8-15/h4-5H,2-3,6-9H2,1H3. The van der Waals surface area contributed by atoms with Crippen LogP contribution in [0.3, 0.4) is 0 Å². The number of aliphatic imine (C=N–C) groups is 1. The molecule has 0 N–H and O–H groups in total. The van der Waals surface area contributed by atoms with Crippen LogP contribution in [0, 0.1) is 6.92 Å². The second kappa shape index (κ2) is 4.25. The van der Waals surface area contributed by atoms with Gasteiger partial charge >= 0.3 is 0 Å². The Morgan fingerprint density at radius 1 is 1.33 bits per heavy atom. The molecule has 1 fully saturated rings. The van der Waals surface area contributed by atoms with Crippen LogP contribution in [0.15, 0.2) is 17.1 Å². The van der Waals surface area contributed by atoms with Crippen LogP contribution < -0.4 is 4.74 Å². The zero-order valence-electron chi connectivity index (χ0n) is 10.7. The average molecular weight is 243 g/mol. The van der Waals surface area contributed by atoms with E-state index in [0.29, 0.717) is 0 Å². The van der Waals surface area contributed by atoms with Gasteiger partial charge in [0.1, 0.15) is 5.75 Å². The summed E-state index contributed by atoms with van der Waals surface area (Å²) in [6.07, 6.45) is 6.92. The van der Waals surface area contributed by atoms with Gasteiger partial charge < -0.3 is 4.74 Å².